The van der Waals surface area contributed by atoms with Crippen LogP contribution in [0, 0.1) is 0 Å². The van der Waals surface area contributed by atoms with Gasteiger partial charge in [-0.3, -0.25) is 0 Å². The predicted molar refractivity (Wildman–Crippen MR) is 114 cm³/mol. The van der Waals surface area contributed by atoms with Crippen molar-refractivity contribution in [3.63, 3.8) is 0 Å². The quantitative estimate of drug-likeness (QED) is 0.354. The third kappa shape index (κ3) is 3.15. The zero-order valence-electron chi connectivity index (χ0n) is 14.6. The Morgan fingerprint density at radius 3 is 2.04 bits per heavy atom. The Labute approximate surface area is 162 Å². The van der Waals surface area contributed by atoms with Crippen LogP contribution in [0.1, 0.15) is 22.3 Å². The molecule has 0 unspecified atom stereocenters. The molecule has 2 aromatic carbocycles. The van der Waals surface area contributed by atoms with E-state index in [4.69, 9.17) is 0 Å². The topological polar surface area (TPSA) is 0 Å². The van der Waals surface area contributed by atoms with Crippen LogP contribution in [0.4, 0.5) is 0 Å². The van der Waals surface area contributed by atoms with E-state index in [-0.39, 0.29) is 0 Å². The zero-order valence-corrected chi connectivity index (χ0v) is 16.2. The van der Waals surface area contributed by atoms with Gasteiger partial charge in [0.1, 0.15) is 0 Å². The Balaban J connectivity index is 1.55. The van der Waals surface area contributed by atoms with Crippen LogP contribution in [0.3, 0.4) is 0 Å². The van der Waals surface area contributed by atoms with Crippen molar-refractivity contribution in [1.82, 2.24) is 0 Å². The van der Waals surface area contributed by atoms with E-state index in [0.29, 0.717) is 0 Å². The Bertz CT molecular complexity index is 1020. The maximum absolute atomic E-state index is 2.44. The van der Waals surface area contributed by atoms with Crippen LogP contribution in [-0.2, 0) is 25.7 Å². The van der Waals surface area contributed by atoms with Gasteiger partial charge in [-0.05, 0) is 77.1 Å². The molecule has 0 atom stereocenters. The molecule has 8 rings (SSSR count). The molecule has 0 saturated heterocycles. The first-order valence-electron chi connectivity index (χ1n) is 9.19. The average Bonchev–Trinajstić information content (AvgIpc) is 3.35. The average molecular weight is 373 g/mol. The summed E-state index contributed by atoms with van der Waals surface area (Å²) in [6.07, 6.45) is 4.43. The lowest BCUT2D eigenvalue weighted by Gasteiger charge is -2.13. The summed E-state index contributed by atoms with van der Waals surface area (Å²) < 4.78 is 0. The molecule has 2 heterocycles. The molecule has 4 bridgehead atoms. The summed E-state index contributed by atoms with van der Waals surface area (Å²) in [7, 11) is 0. The third-order valence-corrected chi connectivity index (χ3v) is 7.40. The summed E-state index contributed by atoms with van der Waals surface area (Å²) in [5.74, 6) is 0. The lowest BCUT2D eigenvalue weighted by atomic mass is 9.93. The normalized spacial score (nSPS) is 13.5. The summed E-state index contributed by atoms with van der Waals surface area (Å²) in [4.78, 5) is 4.14. The molecule has 4 aliphatic rings. The lowest BCUT2D eigenvalue weighted by molar-refractivity contribution is 0.924. The fraction of sp³-hybridized carbons (Fsp3) is 0.167. The monoisotopic (exact) mass is 372 g/mol. The van der Waals surface area contributed by atoms with Gasteiger partial charge in [0.2, 0.25) is 0 Å². The molecule has 2 aromatic heterocycles. The first-order valence-corrected chi connectivity index (χ1v) is 10.9. The third-order valence-electron chi connectivity index (χ3n) is 5.22. The first-order chi connectivity index (χ1) is 12.8. The number of hydrogen-bond donors (Lipinski definition) is 0. The molecule has 0 radical (unpaired) electrons. The van der Waals surface area contributed by atoms with Crippen molar-refractivity contribution in [2.75, 3.05) is 0 Å². The van der Waals surface area contributed by atoms with Crippen molar-refractivity contribution >= 4 is 22.7 Å². The van der Waals surface area contributed by atoms with E-state index in [1.54, 1.807) is 0 Å². The van der Waals surface area contributed by atoms with E-state index in [9.17, 15) is 0 Å². The van der Waals surface area contributed by atoms with E-state index in [1.807, 2.05) is 22.7 Å². The highest BCUT2D eigenvalue weighted by Crippen LogP contribution is 2.38. The fourth-order valence-electron chi connectivity index (χ4n) is 3.70. The van der Waals surface area contributed by atoms with E-state index >= 15 is 0 Å². The molecule has 0 amide bonds. The summed E-state index contributed by atoms with van der Waals surface area (Å²) in [5.41, 5.74) is 7.23. The van der Waals surface area contributed by atoms with Crippen molar-refractivity contribution in [3.05, 3.63) is 94.4 Å². The molecular weight excluding hydrogens is 352 g/mol. The summed E-state index contributed by atoms with van der Waals surface area (Å²) in [6, 6.07) is 25.3. The fourth-order valence-corrected chi connectivity index (χ4v) is 5.59. The minimum atomic E-state index is 1.10. The van der Waals surface area contributed by atoms with Crippen LogP contribution in [0.2, 0.25) is 0 Å². The largest absolute Gasteiger partial charge is 0.143 e. The van der Waals surface area contributed by atoms with Crippen LogP contribution in [0.5, 0.6) is 0 Å². The van der Waals surface area contributed by atoms with Gasteiger partial charge >= 0.3 is 0 Å². The molecule has 0 aliphatic heterocycles. The molecule has 0 saturated carbocycles. The first kappa shape index (κ1) is 16.0. The van der Waals surface area contributed by atoms with Crippen molar-refractivity contribution in [3.8, 4) is 20.2 Å². The summed E-state index contributed by atoms with van der Waals surface area (Å²) >= 11 is 3.75. The molecule has 4 aromatic rings. The number of aryl methyl sites for hydroxylation is 4. The Morgan fingerprint density at radius 1 is 0.577 bits per heavy atom. The number of rotatable bonds is 2. The van der Waals surface area contributed by atoms with Gasteiger partial charge in [-0.25, -0.2) is 0 Å². The van der Waals surface area contributed by atoms with E-state index < -0.39 is 0 Å². The van der Waals surface area contributed by atoms with Gasteiger partial charge in [-0.2, -0.15) is 0 Å². The Morgan fingerprint density at radius 2 is 1.27 bits per heavy atom. The van der Waals surface area contributed by atoms with E-state index in [0.717, 1.165) is 25.7 Å². The molecule has 0 N–H and O–H groups in total. The maximum Gasteiger partial charge on any atom is 0.0449 e. The van der Waals surface area contributed by atoms with E-state index in [2.05, 4.69) is 72.1 Å². The van der Waals surface area contributed by atoms with Crippen LogP contribution >= 0.6 is 22.7 Å². The smallest absolute Gasteiger partial charge is 0.0449 e. The maximum atomic E-state index is 2.44. The van der Waals surface area contributed by atoms with Crippen LogP contribution < -0.4 is 0 Å². The van der Waals surface area contributed by atoms with Crippen molar-refractivity contribution in [2.45, 2.75) is 25.7 Å². The van der Waals surface area contributed by atoms with Gasteiger partial charge in [0, 0.05) is 14.6 Å². The van der Waals surface area contributed by atoms with Crippen LogP contribution in [-0.4, -0.2) is 0 Å². The lowest BCUT2D eigenvalue weighted by Crippen LogP contribution is -1.99. The van der Waals surface area contributed by atoms with Crippen molar-refractivity contribution < 1.29 is 0 Å². The molecule has 0 fully saturated rings. The van der Waals surface area contributed by atoms with Crippen LogP contribution in [0.25, 0.3) is 20.2 Å². The minimum Gasteiger partial charge on any atom is -0.143 e. The van der Waals surface area contributed by atoms with Gasteiger partial charge in [-0.15, -0.1) is 22.7 Å². The number of benzene rings is 2. The standard InChI is InChI=1S/C24H20S2/c1-2-23(25-15-1)24-14-13-22(26-24)21-16-19-8-7-17-3-5-18(6-4-17)9-11-20(21)12-10-19/h1-6,10,12-16H,7-9,11H2. The second-order valence-corrected chi connectivity index (χ2v) is 8.98. The second-order valence-electron chi connectivity index (χ2n) is 6.95. The van der Waals surface area contributed by atoms with Gasteiger partial charge in [-0.1, -0.05) is 48.5 Å². The Kier molecular flexibility index (Phi) is 4.24. The highest BCUT2D eigenvalue weighted by Gasteiger charge is 2.12. The highest BCUT2D eigenvalue weighted by atomic mass is 32.1. The SMILES string of the molecule is c1csc(-c2ccc(-c3cc4ccc3CCc3ccc(cc3)CC4)s2)c1. The molecule has 128 valence electrons. The highest BCUT2D eigenvalue weighted by molar-refractivity contribution is 7.23. The molecule has 26 heavy (non-hydrogen) atoms. The summed E-state index contributed by atoms with van der Waals surface area (Å²) in [5, 5.41) is 2.16. The van der Waals surface area contributed by atoms with E-state index in [1.165, 1.54) is 42.4 Å². The van der Waals surface area contributed by atoms with Gasteiger partial charge in [0.25, 0.3) is 0 Å². The van der Waals surface area contributed by atoms with Crippen molar-refractivity contribution in [2.24, 2.45) is 0 Å². The van der Waals surface area contributed by atoms with Crippen LogP contribution in [0.15, 0.2) is 72.1 Å². The molecular formula is C24H20S2. The molecule has 4 aliphatic carbocycles. The van der Waals surface area contributed by atoms with Gasteiger partial charge in [0.15, 0.2) is 0 Å². The van der Waals surface area contributed by atoms with Gasteiger partial charge < -0.3 is 0 Å². The van der Waals surface area contributed by atoms with Crippen molar-refractivity contribution in [1.29, 1.82) is 0 Å². The summed E-state index contributed by atoms with van der Waals surface area (Å²) in [6.45, 7) is 0. The molecule has 2 heteroatoms. The number of thiophene rings is 2. The molecule has 0 nitrogen and oxygen atoms in total. The second kappa shape index (κ2) is 6.86. The minimum absolute atomic E-state index is 1.10. The number of hydrogen-bond acceptors (Lipinski definition) is 2. The van der Waals surface area contributed by atoms with Gasteiger partial charge in [0.05, 0.1) is 0 Å². The zero-order chi connectivity index (χ0) is 17.3. The predicted octanol–water partition coefficient (Wildman–Crippen LogP) is 7.03. The Hall–Kier alpha value is -2.16. The molecule has 0 spiro atoms.